The minimum absolute atomic E-state index is 0.719. The van der Waals surface area contributed by atoms with Crippen LogP contribution >= 0.6 is 0 Å². The lowest BCUT2D eigenvalue weighted by Crippen LogP contribution is -2.06. The van der Waals surface area contributed by atoms with Crippen LogP contribution in [-0.2, 0) is 0 Å². The summed E-state index contributed by atoms with van der Waals surface area (Å²) in [5, 5.41) is 13.6. The van der Waals surface area contributed by atoms with Crippen LogP contribution < -0.4 is 11.5 Å². The van der Waals surface area contributed by atoms with Gasteiger partial charge in [0.2, 0.25) is 0 Å². The highest BCUT2D eigenvalue weighted by Crippen LogP contribution is 1.58. The zero-order valence-corrected chi connectivity index (χ0v) is 4.99. The zero-order chi connectivity index (χ0) is 7.70. The van der Waals surface area contributed by atoms with Crippen molar-refractivity contribution in [2.75, 3.05) is 13.1 Å². The fraction of sp³-hybridized carbons (Fsp3) is 1.00. The average Bonchev–Trinajstić information content (AvgIpc) is 1.66. The fourth-order valence-electron chi connectivity index (χ4n) is 0.118. The van der Waals surface area contributed by atoms with Crippen molar-refractivity contribution in [2.24, 2.45) is 11.5 Å². The van der Waals surface area contributed by atoms with Crippen LogP contribution in [0.1, 0.15) is 6.42 Å². The Labute approximate surface area is 52.6 Å². The van der Waals surface area contributed by atoms with Gasteiger partial charge in [-0.3, -0.25) is 0 Å². The van der Waals surface area contributed by atoms with Crippen LogP contribution in [0, 0.1) is 10.1 Å². The molecule has 9 heavy (non-hydrogen) atoms. The molecular weight excluding hydrogens is 126 g/mol. The van der Waals surface area contributed by atoms with E-state index in [9.17, 15) is 0 Å². The van der Waals surface area contributed by atoms with Gasteiger partial charge < -0.3 is 16.7 Å². The molecule has 0 aromatic carbocycles. The third-order valence-electron chi connectivity index (χ3n) is 0.408. The second kappa shape index (κ2) is 10.2. The van der Waals surface area contributed by atoms with Gasteiger partial charge in [0.25, 0.3) is 5.09 Å². The van der Waals surface area contributed by atoms with E-state index >= 15 is 0 Å². The SMILES string of the molecule is NCCCN.O=[N+]([O-])O. The molecule has 0 bridgehead atoms. The summed E-state index contributed by atoms with van der Waals surface area (Å²) < 4.78 is 0. The highest BCUT2D eigenvalue weighted by molar-refractivity contribution is 4.33. The Bertz CT molecular complexity index is 61.3. The molecule has 0 aliphatic carbocycles. The molecule has 6 heteroatoms. The molecule has 0 atom stereocenters. The van der Waals surface area contributed by atoms with Crippen LogP contribution in [-0.4, -0.2) is 23.4 Å². The molecule has 0 heterocycles. The van der Waals surface area contributed by atoms with Crippen molar-refractivity contribution in [3.63, 3.8) is 0 Å². The molecule has 0 aliphatic heterocycles. The first kappa shape index (κ1) is 11.0. The number of hydrogen-bond donors (Lipinski definition) is 3. The van der Waals surface area contributed by atoms with Gasteiger partial charge in [0.05, 0.1) is 0 Å². The number of hydrogen-bond acceptors (Lipinski definition) is 4. The van der Waals surface area contributed by atoms with E-state index < -0.39 is 5.09 Å². The molecule has 0 saturated carbocycles. The number of nitrogens with two attached hydrogens (primary N) is 2. The van der Waals surface area contributed by atoms with Gasteiger partial charge in [0.1, 0.15) is 0 Å². The van der Waals surface area contributed by atoms with E-state index in [1.807, 2.05) is 0 Å². The maximum Gasteiger partial charge on any atom is 0.291 e. The first-order valence-electron chi connectivity index (χ1n) is 2.38. The summed E-state index contributed by atoms with van der Waals surface area (Å²) in [6.07, 6.45) is 0.944. The summed E-state index contributed by atoms with van der Waals surface area (Å²) in [7, 11) is 0. The summed E-state index contributed by atoms with van der Waals surface area (Å²) in [6, 6.07) is 0. The Morgan fingerprint density at radius 3 is 1.67 bits per heavy atom. The van der Waals surface area contributed by atoms with Gasteiger partial charge in [0, 0.05) is 0 Å². The summed E-state index contributed by atoms with van der Waals surface area (Å²) in [4.78, 5) is 8.36. The van der Waals surface area contributed by atoms with Crippen molar-refractivity contribution in [1.29, 1.82) is 0 Å². The van der Waals surface area contributed by atoms with E-state index in [0.717, 1.165) is 19.5 Å². The average molecular weight is 137 g/mol. The zero-order valence-electron chi connectivity index (χ0n) is 4.99. The monoisotopic (exact) mass is 137 g/mol. The van der Waals surface area contributed by atoms with Crippen LogP contribution in [0.15, 0.2) is 0 Å². The van der Waals surface area contributed by atoms with Crippen molar-refractivity contribution in [3.8, 4) is 0 Å². The molecule has 56 valence electrons. The minimum Gasteiger partial charge on any atom is -0.330 e. The molecular formula is C3H11N3O3. The van der Waals surface area contributed by atoms with Crippen molar-refractivity contribution in [3.05, 3.63) is 10.1 Å². The summed E-state index contributed by atoms with van der Waals surface area (Å²) in [5.41, 5.74) is 10.1. The Morgan fingerprint density at radius 2 is 1.67 bits per heavy atom. The molecule has 0 radical (unpaired) electrons. The Morgan fingerprint density at radius 1 is 1.44 bits per heavy atom. The van der Waals surface area contributed by atoms with Gasteiger partial charge in [-0.15, -0.1) is 10.1 Å². The van der Waals surface area contributed by atoms with Gasteiger partial charge in [-0.2, -0.15) is 0 Å². The van der Waals surface area contributed by atoms with Crippen molar-refractivity contribution in [2.45, 2.75) is 6.42 Å². The van der Waals surface area contributed by atoms with E-state index in [-0.39, 0.29) is 0 Å². The summed E-state index contributed by atoms with van der Waals surface area (Å²) >= 11 is 0. The van der Waals surface area contributed by atoms with Crippen molar-refractivity contribution >= 4 is 0 Å². The van der Waals surface area contributed by atoms with E-state index in [4.69, 9.17) is 26.8 Å². The Kier molecular flexibility index (Phi) is 12.4. The fourth-order valence-corrected chi connectivity index (χ4v) is 0.118. The largest absolute Gasteiger partial charge is 0.330 e. The van der Waals surface area contributed by atoms with Crippen LogP contribution in [0.25, 0.3) is 0 Å². The molecule has 0 aliphatic rings. The summed E-state index contributed by atoms with van der Waals surface area (Å²) in [6.45, 7) is 1.44. The lowest BCUT2D eigenvalue weighted by molar-refractivity contribution is -0.742. The van der Waals surface area contributed by atoms with Crippen molar-refractivity contribution in [1.82, 2.24) is 0 Å². The lowest BCUT2D eigenvalue weighted by atomic mass is 10.4. The van der Waals surface area contributed by atoms with E-state index in [2.05, 4.69) is 0 Å². The Balaban J connectivity index is 0. The smallest absolute Gasteiger partial charge is 0.291 e. The second-order valence-corrected chi connectivity index (χ2v) is 1.17. The third kappa shape index (κ3) is 149. The maximum absolute atomic E-state index is 8.36. The minimum atomic E-state index is -1.50. The molecule has 0 saturated heterocycles. The predicted octanol–water partition coefficient (Wildman–Crippen LogP) is -1.05. The lowest BCUT2D eigenvalue weighted by Gasteiger charge is -1.81. The van der Waals surface area contributed by atoms with Gasteiger partial charge in [-0.1, -0.05) is 0 Å². The molecule has 0 spiro atoms. The highest BCUT2D eigenvalue weighted by atomic mass is 16.9. The first-order chi connectivity index (χ1) is 4.15. The normalized spacial score (nSPS) is 7.33. The van der Waals surface area contributed by atoms with Gasteiger partial charge in [-0.05, 0) is 19.5 Å². The topological polar surface area (TPSA) is 115 Å². The quantitative estimate of drug-likeness (QED) is 0.331. The molecule has 0 unspecified atom stereocenters. The summed E-state index contributed by atoms with van der Waals surface area (Å²) in [5.74, 6) is 0. The van der Waals surface area contributed by atoms with Gasteiger partial charge in [-0.25, -0.2) is 0 Å². The Hall–Kier alpha value is -0.880. The van der Waals surface area contributed by atoms with Crippen LogP contribution in [0.5, 0.6) is 0 Å². The van der Waals surface area contributed by atoms with Gasteiger partial charge >= 0.3 is 0 Å². The van der Waals surface area contributed by atoms with Crippen LogP contribution in [0.2, 0.25) is 0 Å². The first-order valence-corrected chi connectivity index (χ1v) is 2.38. The molecule has 0 rings (SSSR count). The van der Waals surface area contributed by atoms with Gasteiger partial charge in [0.15, 0.2) is 0 Å². The molecule has 0 aromatic heterocycles. The molecule has 6 nitrogen and oxygen atoms in total. The van der Waals surface area contributed by atoms with Crippen LogP contribution in [0.3, 0.4) is 0 Å². The molecule has 0 amide bonds. The predicted molar refractivity (Wildman–Crippen MR) is 31.5 cm³/mol. The second-order valence-electron chi connectivity index (χ2n) is 1.17. The van der Waals surface area contributed by atoms with Crippen molar-refractivity contribution < 1.29 is 10.3 Å². The van der Waals surface area contributed by atoms with E-state index in [0.29, 0.717) is 0 Å². The maximum atomic E-state index is 8.36. The standard InChI is InChI=1S/C3H10N2.HNO3/c4-2-1-3-5;2-1(3)4/h1-5H2;(H,2,3,4). The van der Waals surface area contributed by atoms with E-state index in [1.54, 1.807) is 0 Å². The molecule has 0 fully saturated rings. The van der Waals surface area contributed by atoms with E-state index in [1.165, 1.54) is 0 Å². The molecule has 5 N–H and O–H groups in total. The van der Waals surface area contributed by atoms with Crippen LogP contribution in [0.4, 0.5) is 0 Å². The number of nitrogens with zero attached hydrogens (tertiary/aromatic N) is 1. The highest BCUT2D eigenvalue weighted by Gasteiger charge is 1.67. The number of rotatable bonds is 2. The molecule has 0 aromatic rings. The third-order valence-corrected chi connectivity index (χ3v) is 0.408.